The number of carboxylic acids is 1. The van der Waals surface area contributed by atoms with Gasteiger partial charge in [-0.2, -0.15) is 13.2 Å². The number of carboxylic acid groups (broad SMARTS) is 1. The Kier molecular flexibility index (Phi) is 8.79. The summed E-state index contributed by atoms with van der Waals surface area (Å²) in [4.78, 5) is 20.0. The molecule has 8 heteroatoms. The second kappa shape index (κ2) is 9.76. The third kappa shape index (κ3) is 10.4. The zero-order valence-electron chi connectivity index (χ0n) is 11.1. The Hall–Kier alpha value is -2.09. The quantitative estimate of drug-likeness (QED) is 0.813. The van der Waals surface area contributed by atoms with Crippen LogP contribution < -0.4 is 5.73 Å². The largest absolute Gasteiger partial charge is 0.490 e. The molecular formula is C13H16F3NO4. The molecule has 0 spiro atoms. The Morgan fingerprint density at radius 3 is 2.14 bits per heavy atom. The van der Waals surface area contributed by atoms with Gasteiger partial charge in [0.1, 0.15) is 6.61 Å². The minimum atomic E-state index is -5.08. The number of nitrogens with two attached hydrogens (primary N) is 1. The Morgan fingerprint density at radius 1 is 1.19 bits per heavy atom. The van der Waals surface area contributed by atoms with E-state index in [2.05, 4.69) is 0 Å². The molecule has 0 aromatic heterocycles. The number of ether oxygens (including phenoxy) is 1. The molecule has 1 aromatic carbocycles. The third-order valence-corrected chi connectivity index (χ3v) is 2.07. The summed E-state index contributed by atoms with van der Waals surface area (Å²) in [7, 11) is 0. The van der Waals surface area contributed by atoms with Gasteiger partial charge in [0.2, 0.25) is 0 Å². The molecule has 1 aromatic rings. The Bertz CT molecular complexity index is 435. The first-order chi connectivity index (χ1) is 9.77. The molecular weight excluding hydrogens is 291 g/mol. The maximum absolute atomic E-state index is 11.1. The van der Waals surface area contributed by atoms with Crippen LogP contribution in [0.2, 0.25) is 0 Å². The predicted octanol–water partition coefficient (Wildman–Crippen LogP) is 2.10. The highest BCUT2D eigenvalue weighted by atomic mass is 19.4. The van der Waals surface area contributed by atoms with Crippen molar-refractivity contribution in [3.63, 3.8) is 0 Å². The lowest BCUT2D eigenvalue weighted by Crippen LogP contribution is -2.21. The van der Waals surface area contributed by atoms with Crippen molar-refractivity contribution < 1.29 is 32.6 Å². The number of carbonyl (C=O) groups is 2. The molecule has 0 saturated carbocycles. The van der Waals surface area contributed by atoms with Crippen LogP contribution in [0.3, 0.4) is 0 Å². The summed E-state index contributed by atoms with van der Waals surface area (Å²) >= 11 is 0. The molecule has 1 rings (SSSR count). The summed E-state index contributed by atoms with van der Waals surface area (Å²) in [6.07, 6.45) is -3.99. The number of carbonyl (C=O) groups excluding carboxylic acids is 1. The molecule has 0 aliphatic rings. The van der Waals surface area contributed by atoms with Crippen molar-refractivity contribution in [2.75, 3.05) is 6.54 Å². The fourth-order valence-corrected chi connectivity index (χ4v) is 1.06. The van der Waals surface area contributed by atoms with Crippen molar-refractivity contribution in [3.8, 4) is 0 Å². The van der Waals surface area contributed by atoms with Gasteiger partial charge < -0.3 is 15.6 Å². The van der Waals surface area contributed by atoms with Gasteiger partial charge in [-0.15, -0.1) is 0 Å². The van der Waals surface area contributed by atoms with Gasteiger partial charge in [0.05, 0.1) is 0 Å². The molecule has 3 N–H and O–H groups in total. The lowest BCUT2D eigenvalue weighted by molar-refractivity contribution is -0.192. The monoisotopic (exact) mass is 307 g/mol. The van der Waals surface area contributed by atoms with E-state index in [9.17, 15) is 18.0 Å². The van der Waals surface area contributed by atoms with Crippen LogP contribution in [-0.2, 0) is 20.9 Å². The Morgan fingerprint density at radius 2 is 1.71 bits per heavy atom. The lowest BCUT2D eigenvalue weighted by atomic mass is 10.2. The van der Waals surface area contributed by atoms with Gasteiger partial charge in [0.25, 0.3) is 0 Å². The van der Waals surface area contributed by atoms with Crippen LogP contribution in [-0.4, -0.2) is 29.8 Å². The van der Waals surface area contributed by atoms with Gasteiger partial charge in [-0.25, -0.2) is 4.79 Å². The van der Waals surface area contributed by atoms with Crippen molar-refractivity contribution in [2.24, 2.45) is 5.73 Å². The standard InChI is InChI=1S/C11H15NO2.C2HF3O2/c12-8-4-7-11(13)14-9-10-5-2-1-3-6-10;3-2(4,5)1(6)7/h1-3,5-6H,4,7-9,12H2;(H,6,7). The van der Waals surface area contributed by atoms with Gasteiger partial charge in [-0.05, 0) is 18.5 Å². The molecule has 0 aliphatic heterocycles. The maximum Gasteiger partial charge on any atom is 0.490 e. The summed E-state index contributed by atoms with van der Waals surface area (Å²) < 4.78 is 36.8. The topological polar surface area (TPSA) is 89.6 Å². The van der Waals surface area contributed by atoms with Crippen molar-refractivity contribution >= 4 is 11.9 Å². The zero-order valence-corrected chi connectivity index (χ0v) is 11.1. The third-order valence-electron chi connectivity index (χ3n) is 2.07. The molecule has 0 unspecified atom stereocenters. The first-order valence-electron chi connectivity index (χ1n) is 5.97. The Labute approximate surface area is 119 Å². The number of benzene rings is 1. The van der Waals surface area contributed by atoms with E-state index in [4.69, 9.17) is 20.4 Å². The van der Waals surface area contributed by atoms with Crippen LogP contribution >= 0.6 is 0 Å². The van der Waals surface area contributed by atoms with E-state index in [0.717, 1.165) is 5.56 Å². The van der Waals surface area contributed by atoms with Crippen LogP contribution in [0.5, 0.6) is 0 Å². The number of hydrogen-bond acceptors (Lipinski definition) is 4. The van der Waals surface area contributed by atoms with Crippen LogP contribution in [0.4, 0.5) is 13.2 Å². The van der Waals surface area contributed by atoms with Gasteiger partial charge in [-0.1, -0.05) is 30.3 Å². The number of halogens is 3. The highest BCUT2D eigenvalue weighted by Gasteiger charge is 2.38. The molecule has 0 radical (unpaired) electrons. The van der Waals surface area contributed by atoms with E-state index in [-0.39, 0.29) is 5.97 Å². The van der Waals surface area contributed by atoms with Crippen LogP contribution in [0.15, 0.2) is 30.3 Å². The zero-order chi connectivity index (χ0) is 16.3. The normalized spacial score (nSPS) is 10.3. The molecule has 0 aliphatic carbocycles. The summed E-state index contributed by atoms with van der Waals surface area (Å²) in [5, 5.41) is 7.12. The minimum absolute atomic E-state index is 0.181. The van der Waals surface area contributed by atoms with E-state index in [1.165, 1.54) is 0 Å². The number of hydrogen-bond donors (Lipinski definition) is 2. The molecule has 21 heavy (non-hydrogen) atoms. The number of aliphatic carboxylic acids is 1. The smallest absolute Gasteiger partial charge is 0.475 e. The predicted molar refractivity (Wildman–Crippen MR) is 68.2 cm³/mol. The second-order valence-electron chi connectivity index (χ2n) is 3.84. The highest BCUT2D eigenvalue weighted by Crippen LogP contribution is 2.13. The fraction of sp³-hybridized carbons (Fsp3) is 0.385. The first kappa shape index (κ1) is 18.9. The lowest BCUT2D eigenvalue weighted by Gasteiger charge is -2.03. The summed E-state index contributed by atoms with van der Waals surface area (Å²) in [5.41, 5.74) is 6.28. The van der Waals surface area contributed by atoms with E-state index >= 15 is 0 Å². The van der Waals surface area contributed by atoms with Gasteiger partial charge in [0, 0.05) is 6.42 Å². The van der Waals surface area contributed by atoms with Crippen molar-refractivity contribution in [2.45, 2.75) is 25.6 Å². The van der Waals surface area contributed by atoms with Crippen molar-refractivity contribution in [1.82, 2.24) is 0 Å². The highest BCUT2D eigenvalue weighted by molar-refractivity contribution is 5.73. The number of esters is 1. The molecule has 0 bridgehead atoms. The molecule has 118 valence electrons. The van der Waals surface area contributed by atoms with E-state index in [1.807, 2.05) is 30.3 Å². The van der Waals surface area contributed by atoms with Crippen LogP contribution in [0.1, 0.15) is 18.4 Å². The number of alkyl halides is 3. The van der Waals surface area contributed by atoms with Gasteiger partial charge in [0.15, 0.2) is 0 Å². The molecule has 0 atom stereocenters. The molecule has 0 fully saturated rings. The average Bonchev–Trinajstić information content (AvgIpc) is 2.43. The average molecular weight is 307 g/mol. The van der Waals surface area contributed by atoms with Crippen LogP contribution in [0.25, 0.3) is 0 Å². The maximum atomic E-state index is 11.1. The Balaban J connectivity index is 0.000000486. The molecule has 0 saturated heterocycles. The van der Waals surface area contributed by atoms with Gasteiger partial charge >= 0.3 is 18.1 Å². The molecule has 0 amide bonds. The molecule has 0 heterocycles. The summed E-state index contributed by atoms with van der Waals surface area (Å²) in [6.45, 7) is 0.880. The van der Waals surface area contributed by atoms with E-state index in [0.29, 0.717) is 26.0 Å². The second-order valence-corrected chi connectivity index (χ2v) is 3.84. The van der Waals surface area contributed by atoms with Crippen molar-refractivity contribution in [1.29, 1.82) is 0 Å². The SMILES string of the molecule is NCCCC(=O)OCc1ccccc1.O=C(O)C(F)(F)F. The van der Waals surface area contributed by atoms with E-state index in [1.54, 1.807) is 0 Å². The van der Waals surface area contributed by atoms with E-state index < -0.39 is 12.1 Å². The number of rotatable bonds is 5. The fourth-order valence-electron chi connectivity index (χ4n) is 1.06. The van der Waals surface area contributed by atoms with Crippen LogP contribution in [0, 0.1) is 0 Å². The summed E-state index contributed by atoms with van der Waals surface area (Å²) in [5.74, 6) is -2.94. The minimum Gasteiger partial charge on any atom is -0.475 e. The van der Waals surface area contributed by atoms with Gasteiger partial charge in [-0.3, -0.25) is 4.79 Å². The van der Waals surface area contributed by atoms with Crippen molar-refractivity contribution in [3.05, 3.63) is 35.9 Å². The first-order valence-corrected chi connectivity index (χ1v) is 5.97. The molecule has 5 nitrogen and oxygen atoms in total. The summed E-state index contributed by atoms with van der Waals surface area (Å²) in [6, 6.07) is 9.62.